The van der Waals surface area contributed by atoms with Crippen LogP contribution in [0, 0.1) is 6.92 Å². The molecule has 102 valence electrons. The smallest absolute Gasteiger partial charge is 0.0771 e. The highest BCUT2D eigenvalue weighted by Gasteiger charge is 2.28. The molecule has 5 heteroatoms. The van der Waals surface area contributed by atoms with Gasteiger partial charge in [0.2, 0.25) is 0 Å². The van der Waals surface area contributed by atoms with Gasteiger partial charge in [-0.15, -0.1) is 0 Å². The Labute approximate surface area is 117 Å². The molecule has 1 aliphatic carbocycles. The van der Waals surface area contributed by atoms with E-state index in [4.69, 9.17) is 0 Å². The molecule has 0 spiro atoms. The zero-order valence-electron chi connectivity index (χ0n) is 11.2. The summed E-state index contributed by atoms with van der Waals surface area (Å²) in [5, 5.41) is 18.1. The van der Waals surface area contributed by atoms with E-state index in [1.807, 2.05) is 18.7 Å². The van der Waals surface area contributed by atoms with E-state index < -0.39 is 5.60 Å². The highest BCUT2D eigenvalue weighted by atomic mass is 79.9. The van der Waals surface area contributed by atoms with Crippen LogP contribution in [-0.2, 0) is 13.6 Å². The monoisotopic (exact) mass is 315 g/mol. The van der Waals surface area contributed by atoms with Crippen LogP contribution < -0.4 is 5.32 Å². The Morgan fingerprint density at radius 3 is 2.61 bits per heavy atom. The number of halogens is 1. The minimum Gasteiger partial charge on any atom is -0.389 e. The number of hydrogen-bond acceptors (Lipinski definition) is 3. The van der Waals surface area contributed by atoms with E-state index in [-0.39, 0.29) is 0 Å². The maximum absolute atomic E-state index is 10.4. The molecule has 1 saturated carbocycles. The van der Waals surface area contributed by atoms with Crippen LogP contribution >= 0.6 is 15.9 Å². The van der Waals surface area contributed by atoms with Crippen molar-refractivity contribution in [2.24, 2.45) is 7.05 Å². The Hall–Kier alpha value is -0.390. The summed E-state index contributed by atoms with van der Waals surface area (Å²) in [6, 6.07) is 0. The number of hydrogen-bond donors (Lipinski definition) is 2. The Morgan fingerprint density at radius 2 is 2.06 bits per heavy atom. The molecule has 0 saturated heterocycles. The third kappa shape index (κ3) is 3.13. The lowest BCUT2D eigenvalue weighted by Crippen LogP contribution is -2.42. The lowest BCUT2D eigenvalue weighted by atomic mass is 9.85. The van der Waals surface area contributed by atoms with Gasteiger partial charge in [-0.25, -0.2) is 0 Å². The fourth-order valence-electron chi connectivity index (χ4n) is 2.67. The van der Waals surface area contributed by atoms with Crippen molar-refractivity contribution >= 4 is 15.9 Å². The van der Waals surface area contributed by atoms with E-state index in [9.17, 15) is 5.11 Å². The molecule has 0 aromatic carbocycles. The van der Waals surface area contributed by atoms with Crippen molar-refractivity contribution in [3.8, 4) is 0 Å². The van der Waals surface area contributed by atoms with Crippen molar-refractivity contribution in [2.75, 3.05) is 6.54 Å². The normalized spacial score (nSPS) is 19.1. The standard InChI is InChI=1S/C13H22BrN3O/c1-10-12(14)11(17(2)16-10)8-15-9-13(18)6-4-3-5-7-13/h15,18H,3-9H2,1-2H3. The topological polar surface area (TPSA) is 50.1 Å². The van der Waals surface area contributed by atoms with Crippen LogP contribution in [0.3, 0.4) is 0 Å². The van der Waals surface area contributed by atoms with Gasteiger partial charge < -0.3 is 10.4 Å². The van der Waals surface area contributed by atoms with Gasteiger partial charge >= 0.3 is 0 Å². The predicted molar refractivity (Wildman–Crippen MR) is 75.4 cm³/mol. The molecular weight excluding hydrogens is 294 g/mol. The van der Waals surface area contributed by atoms with Crippen molar-refractivity contribution < 1.29 is 5.11 Å². The number of nitrogens with one attached hydrogen (secondary N) is 1. The van der Waals surface area contributed by atoms with E-state index in [0.29, 0.717) is 6.54 Å². The van der Waals surface area contributed by atoms with Gasteiger partial charge in [0.15, 0.2) is 0 Å². The second-order valence-corrected chi connectivity index (χ2v) is 6.15. The second-order valence-electron chi connectivity index (χ2n) is 5.36. The van der Waals surface area contributed by atoms with Crippen LogP contribution in [-0.4, -0.2) is 27.0 Å². The molecule has 0 aliphatic heterocycles. The molecule has 1 aromatic rings. The first-order chi connectivity index (χ1) is 8.52. The quantitative estimate of drug-likeness (QED) is 0.896. The van der Waals surface area contributed by atoms with E-state index in [1.165, 1.54) is 6.42 Å². The summed E-state index contributed by atoms with van der Waals surface area (Å²) in [6.45, 7) is 3.39. The molecule has 2 rings (SSSR count). The van der Waals surface area contributed by atoms with Crippen LogP contribution in [0.4, 0.5) is 0 Å². The Morgan fingerprint density at radius 1 is 1.39 bits per heavy atom. The van der Waals surface area contributed by atoms with Crippen LogP contribution in [0.15, 0.2) is 4.47 Å². The van der Waals surface area contributed by atoms with Gasteiger partial charge in [0.1, 0.15) is 0 Å². The first kappa shape index (κ1) is 14.0. The summed E-state index contributed by atoms with van der Waals surface area (Å²) < 4.78 is 2.95. The molecule has 1 aliphatic rings. The van der Waals surface area contributed by atoms with Gasteiger partial charge in [0.05, 0.1) is 21.5 Å². The van der Waals surface area contributed by atoms with Gasteiger partial charge in [0.25, 0.3) is 0 Å². The molecule has 0 radical (unpaired) electrons. The summed E-state index contributed by atoms with van der Waals surface area (Å²) in [5.74, 6) is 0. The van der Waals surface area contributed by atoms with Crippen LogP contribution in [0.5, 0.6) is 0 Å². The molecule has 1 heterocycles. The van der Waals surface area contributed by atoms with Crippen LogP contribution in [0.1, 0.15) is 43.5 Å². The largest absolute Gasteiger partial charge is 0.389 e. The molecule has 0 bridgehead atoms. The van der Waals surface area contributed by atoms with E-state index in [2.05, 4.69) is 26.3 Å². The summed E-state index contributed by atoms with van der Waals surface area (Å²) in [4.78, 5) is 0. The fourth-order valence-corrected chi connectivity index (χ4v) is 3.15. The predicted octanol–water partition coefficient (Wildman–Crippen LogP) is 2.28. The molecule has 2 N–H and O–H groups in total. The Bertz CT molecular complexity index is 411. The van der Waals surface area contributed by atoms with Crippen LogP contribution in [0.2, 0.25) is 0 Å². The molecule has 0 atom stereocenters. The number of aryl methyl sites for hydroxylation is 2. The number of aliphatic hydroxyl groups is 1. The average Bonchev–Trinajstić information content (AvgIpc) is 2.56. The summed E-state index contributed by atoms with van der Waals surface area (Å²) in [6.07, 6.45) is 5.39. The Kier molecular flexibility index (Phi) is 4.45. The number of nitrogens with zero attached hydrogens (tertiary/aromatic N) is 2. The second kappa shape index (κ2) is 5.72. The van der Waals surface area contributed by atoms with E-state index in [1.54, 1.807) is 0 Å². The van der Waals surface area contributed by atoms with Gasteiger partial charge in [0, 0.05) is 20.1 Å². The van der Waals surface area contributed by atoms with Crippen LogP contribution in [0.25, 0.3) is 0 Å². The summed E-state index contributed by atoms with van der Waals surface area (Å²) >= 11 is 3.55. The first-order valence-corrected chi connectivity index (χ1v) is 7.42. The number of rotatable bonds is 4. The first-order valence-electron chi connectivity index (χ1n) is 6.63. The highest BCUT2D eigenvalue weighted by Crippen LogP contribution is 2.27. The van der Waals surface area contributed by atoms with Crippen molar-refractivity contribution in [1.82, 2.24) is 15.1 Å². The third-order valence-electron chi connectivity index (χ3n) is 3.79. The molecule has 4 nitrogen and oxygen atoms in total. The minimum absolute atomic E-state index is 0.502. The molecule has 0 amide bonds. The zero-order chi connectivity index (χ0) is 13.2. The van der Waals surface area contributed by atoms with Crippen molar-refractivity contribution in [1.29, 1.82) is 0 Å². The number of aromatic nitrogens is 2. The molecule has 1 fully saturated rings. The van der Waals surface area contributed by atoms with Gasteiger partial charge in [-0.1, -0.05) is 19.3 Å². The molecule has 18 heavy (non-hydrogen) atoms. The lowest BCUT2D eigenvalue weighted by Gasteiger charge is -2.32. The molecule has 1 aromatic heterocycles. The molecular formula is C13H22BrN3O. The lowest BCUT2D eigenvalue weighted by molar-refractivity contribution is 0.00455. The fraction of sp³-hybridized carbons (Fsp3) is 0.769. The summed E-state index contributed by atoms with van der Waals surface area (Å²) in [5.41, 5.74) is 1.64. The highest BCUT2D eigenvalue weighted by molar-refractivity contribution is 9.10. The van der Waals surface area contributed by atoms with Crippen molar-refractivity contribution in [3.05, 3.63) is 15.9 Å². The van der Waals surface area contributed by atoms with Gasteiger partial charge in [-0.2, -0.15) is 5.10 Å². The molecule has 0 unspecified atom stereocenters. The average molecular weight is 316 g/mol. The third-order valence-corrected chi connectivity index (χ3v) is 4.82. The van der Waals surface area contributed by atoms with E-state index >= 15 is 0 Å². The van der Waals surface area contributed by atoms with E-state index in [0.717, 1.165) is 48.1 Å². The maximum atomic E-state index is 10.4. The zero-order valence-corrected chi connectivity index (χ0v) is 12.8. The Balaban J connectivity index is 1.88. The maximum Gasteiger partial charge on any atom is 0.0771 e. The summed E-state index contributed by atoms with van der Waals surface area (Å²) in [7, 11) is 1.95. The van der Waals surface area contributed by atoms with Gasteiger partial charge in [-0.3, -0.25) is 4.68 Å². The van der Waals surface area contributed by atoms with Crippen molar-refractivity contribution in [3.63, 3.8) is 0 Å². The minimum atomic E-state index is -0.502. The van der Waals surface area contributed by atoms with Gasteiger partial charge in [-0.05, 0) is 35.7 Å². The SMILES string of the molecule is Cc1nn(C)c(CNCC2(O)CCCCC2)c1Br. The van der Waals surface area contributed by atoms with Crippen molar-refractivity contribution in [2.45, 2.75) is 51.2 Å².